The summed E-state index contributed by atoms with van der Waals surface area (Å²) in [6.07, 6.45) is 1.99. The molecule has 2 aromatic carbocycles. The first-order valence-corrected chi connectivity index (χ1v) is 12.2. The minimum atomic E-state index is -3.61. The van der Waals surface area contributed by atoms with Crippen molar-refractivity contribution < 1.29 is 18.0 Å². The molecule has 1 heterocycles. The van der Waals surface area contributed by atoms with Gasteiger partial charge < -0.3 is 15.5 Å². The van der Waals surface area contributed by atoms with E-state index in [0.29, 0.717) is 34.8 Å². The average molecular weight is 457 g/mol. The fourth-order valence-electron chi connectivity index (χ4n) is 3.75. The SMILES string of the molecule is Cc1ccc(C)c(S(=O)(=O)N2CCN(C(=O)c3cccc(NC(=O)NC4CC4)c3)CC2)c1. The number of sulfonamides is 1. The molecule has 0 radical (unpaired) electrons. The van der Waals surface area contributed by atoms with Gasteiger partial charge in [0.15, 0.2) is 0 Å². The van der Waals surface area contributed by atoms with Gasteiger partial charge in [-0.1, -0.05) is 18.2 Å². The molecule has 3 amide bonds. The van der Waals surface area contributed by atoms with Gasteiger partial charge in [-0.15, -0.1) is 0 Å². The van der Waals surface area contributed by atoms with Crippen LogP contribution < -0.4 is 10.6 Å². The molecule has 32 heavy (non-hydrogen) atoms. The Balaban J connectivity index is 1.39. The molecule has 1 saturated heterocycles. The van der Waals surface area contributed by atoms with Crippen molar-refractivity contribution in [1.82, 2.24) is 14.5 Å². The highest BCUT2D eigenvalue weighted by atomic mass is 32.2. The van der Waals surface area contributed by atoms with Crippen LogP contribution in [0.1, 0.15) is 34.3 Å². The molecule has 1 aliphatic heterocycles. The highest BCUT2D eigenvalue weighted by Gasteiger charge is 2.31. The van der Waals surface area contributed by atoms with Crippen LogP contribution in [0.25, 0.3) is 0 Å². The number of nitrogens with one attached hydrogen (secondary N) is 2. The van der Waals surface area contributed by atoms with Crippen molar-refractivity contribution >= 4 is 27.6 Å². The number of amides is 3. The Bertz CT molecular complexity index is 1140. The highest BCUT2D eigenvalue weighted by Crippen LogP contribution is 2.23. The van der Waals surface area contributed by atoms with Gasteiger partial charge in [0, 0.05) is 43.5 Å². The molecule has 0 unspecified atom stereocenters. The molecule has 2 fully saturated rings. The largest absolute Gasteiger partial charge is 0.336 e. The molecule has 0 bridgehead atoms. The number of anilines is 1. The second kappa shape index (κ2) is 8.91. The van der Waals surface area contributed by atoms with Gasteiger partial charge in [-0.3, -0.25) is 4.79 Å². The molecule has 9 heteroatoms. The third-order valence-electron chi connectivity index (χ3n) is 5.77. The highest BCUT2D eigenvalue weighted by molar-refractivity contribution is 7.89. The Morgan fingerprint density at radius 1 is 0.969 bits per heavy atom. The van der Waals surface area contributed by atoms with Crippen LogP contribution in [0.4, 0.5) is 10.5 Å². The molecule has 2 aliphatic rings. The summed E-state index contributed by atoms with van der Waals surface area (Å²) in [7, 11) is -3.61. The first-order chi connectivity index (χ1) is 15.2. The molecule has 8 nitrogen and oxygen atoms in total. The molecule has 0 aromatic heterocycles. The number of rotatable bonds is 5. The standard InChI is InChI=1S/C23H28N4O4S/c1-16-6-7-17(2)21(14-16)32(30,31)27-12-10-26(11-13-27)22(28)18-4-3-5-20(15-18)25-23(29)24-19-8-9-19/h3-7,14-15,19H,8-13H2,1-2H3,(H2,24,25,29). The maximum absolute atomic E-state index is 13.1. The van der Waals surface area contributed by atoms with Crippen molar-refractivity contribution in [3.05, 3.63) is 59.2 Å². The predicted molar refractivity (Wildman–Crippen MR) is 122 cm³/mol. The first kappa shape index (κ1) is 22.3. The average Bonchev–Trinajstić information content (AvgIpc) is 3.59. The number of urea groups is 1. The molecule has 2 aromatic rings. The van der Waals surface area contributed by atoms with Crippen LogP contribution in [-0.4, -0.2) is 61.8 Å². The Kier molecular flexibility index (Phi) is 6.21. The molecule has 4 rings (SSSR count). The summed E-state index contributed by atoms with van der Waals surface area (Å²) < 4.78 is 27.7. The van der Waals surface area contributed by atoms with Crippen LogP contribution in [0.15, 0.2) is 47.4 Å². The van der Waals surface area contributed by atoms with Crippen LogP contribution in [-0.2, 0) is 10.0 Å². The Morgan fingerprint density at radius 2 is 1.69 bits per heavy atom. The third-order valence-corrected chi connectivity index (χ3v) is 7.81. The van der Waals surface area contributed by atoms with Crippen LogP contribution >= 0.6 is 0 Å². The Labute approximate surface area is 188 Å². The Morgan fingerprint density at radius 3 is 2.38 bits per heavy atom. The van der Waals surface area contributed by atoms with E-state index in [1.807, 2.05) is 19.1 Å². The molecule has 170 valence electrons. The summed E-state index contributed by atoms with van der Waals surface area (Å²) in [5.74, 6) is -0.181. The van der Waals surface area contributed by atoms with Gasteiger partial charge in [0.1, 0.15) is 0 Å². The van der Waals surface area contributed by atoms with Crippen molar-refractivity contribution in [3.8, 4) is 0 Å². The van der Waals surface area contributed by atoms with Crippen LogP contribution in [0, 0.1) is 13.8 Å². The van der Waals surface area contributed by atoms with Gasteiger partial charge in [0.05, 0.1) is 4.90 Å². The summed E-state index contributed by atoms with van der Waals surface area (Å²) in [5, 5.41) is 5.60. The van der Waals surface area contributed by atoms with Crippen molar-refractivity contribution in [1.29, 1.82) is 0 Å². The van der Waals surface area contributed by atoms with Crippen molar-refractivity contribution in [2.45, 2.75) is 37.6 Å². The zero-order chi connectivity index (χ0) is 22.9. The van der Waals surface area contributed by atoms with Crippen LogP contribution in [0.2, 0.25) is 0 Å². The lowest BCUT2D eigenvalue weighted by atomic mass is 10.1. The quantitative estimate of drug-likeness (QED) is 0.723. The zero-order valence-electron chi connectivity index (χ0n) is 18.3. The maximum atomic E-state index is 13.1. The lowest BCUT2D eigenvalue weighted by Crippen LogP contribution is -2.50. The molecule has 1 saturated carbocycles. The van der Waals surface area contributed by atoms with Gasteiger partial charge in [0.2, 0.25) is 10.0 Å². The zero-order valence-corrected chi connectivity index (χ0v) is 19.1. The van der Waals surface area contributed by atoms with E-state index < -0.39 is 10.0 Å². The van der Waals surface area contributed by atoms with Crippen molar-refractivity contribution in [2.75, 3.05) is 31.5 Å². The van der Waals surface area contributed by atoms with Gasteiger partial charge in [-0.05, 0) is 62.1 Å². The monoisotopic (exact) mass is 456 g/mol. The smallest absolute Gasteiger partial charge is 0.319 e. The normalized spacial score (nSPS) is 17.1. The van der Waals surface area contributed by atoms with E-state index in [1.54, 1.807) is 42.2 Å². The first-order valence-electron chi connectivity index (χ1n) is 10.8. The number of hydrogen-bond donors (Lipinski definition) is 2. The van der Waals surface area contributed by atoms with Crippen LogP contribution in [0.5, 0.6) is 0 Å². The van der Waals surface area contributed by atoms with E-state index in [4.69, 9.17) is 0 Å². The summed E-state index contributed by atoms with van der Waals surface area (Å²) in [6.45, 7) is 4.75. The maximum Gasteiger partial charge on any atom is 0.319 e. The molecular formula is C23H28N4O4S. The second-order valence-electron chi connectivity index (χ2n) is 8.42. The fourth-order valence-corrected chi connectivity index (χ4v) is 5.48. The summed E-state index contributed by atoms with van der Waals surface area (Å²) in [5.41, 5.74) is 2.61. The van der Waals surface area contributed by atoms with E-state index in [0.717, 1.165) is 18.4 Å². The van der Waals surface area contributed by atoms with Crippen molar-refractivity contribution in [3.63, 3.8) is 0 Å². The number of benzene rings is 2. The second-order valence-corrected chi connectivity index (χ2v) is 10.3. The van der Waals surface area contributed by atoms with Gasteiger partial charge in [-0.2, -0.15) is 4.31 Å². The fraction of sp³-hybridized carbons (Fsp3) is 0.391. The van der Waals surface area contributed by atoms with E-state index in [-0.39, 0.29) is 31.1 Å². The summed E-state index contributed by atoms with van der Waals surface area (Å²) >= 11 is 0. The minimum Gasteiger partial charge on any atom is -0.336 e. The van der Waals surface area contributed by atoms with Crippen molar-refractivity contribution in [2.24, 2.45) is 0 Å². The van der Waals surface area contributed by atoms with E-state index in [9.17, 15) is 18.0 Å². The number of hydrogen-bond acceptors (Lipinski definition) is 4. The van der Waals surface area contributed by atoms with Crippen LogP contribution in [0.3, 0.4) is 0 Å². The van der Waals surface area contributed by atoms with Gasteiger partial charge in [-0.25, -0.2) is 13.2 Å². The number of nitrogens with zero attached hydrogens (tertiary/aromatic N) is 2. The molecular weight excluding hydrogens is 428 g/mol. The molecule has 0 spiro atoms. The lowest BCUT2D eigenvalue weighted by Gasteiger charge is -2.34. The molecule has 2 N–H and O–H groups in total. The summed E-state index contributed by atoms with van der Waals surface area (Å²) in [4.78, 5) is 26.9. The third kappa shape index (κ3) is 4.94. The lowest BCUT2D eigenvalue weighted by molar-refractivity contribution is 0.0698. The predicted octanol–water partition coefficient (Wildman–Crippen LogP) is 2.73. The molecule has 1 aliphatic carbocycles. The topological polar surface area (TPSA) is 98.8 Å². The number of piperazine rings is 1. The molecule has 0 atom stereocenters. The number of carbonyl (C=O) groups is 2. The van der Waals surface area contributed by atoms with E-state index >= 15 is 0 Å². The minimum absolute atomic E-state index is 0.181. The number of aryl methyl sites for hydroxylation is 2. The Hall–Kier alpha value is -2.91. The summed E-state index contributed by atoms with van der Waals surface area (Å²) in [6, 6.07) is 12.2. The van der Waals surface area contributed by atoms with E-state index in [1.165, 1.54) is 4.31 Å². The van der Waals surface area contributed by atoms with Gasteiger partial charge in [0.25, 0.3) is 5.91 Å². The number of carbonyl (C=O) groups excluding carboxylic acids is 2. The van der Waals surface area contributed by atoms with E-state index in [2.05, 4.69) is 10.6 Å². The van der Waals surface area contributed by atoms with Gasteiger partial charge >= 0.3 is 6.03 Å².